The number of halogens is 1. The van der Waals surface area contributed by atoms with Crippen molar-refractivity contribution >= 4 is 34.7 Å². The largest absolute Gasteiger partial charge is 0.506 e. The number of nitrogens with one attached hydrogen (secondary N) is 1. The van der Waals surface area contributed by atoms with Crippen LogP contribution in [0.25, 0.3) is 11.1 Å². The molecule has 160 valence electrons. The van der Waals surface area contributed by atoms with Crippen LogP contribution >= 0.6 is 0 Å². The van der Waals surface area contributed by atoms with Crippen molar-refractivity contribution in [2.75, 3.05) is 10.4 Å². The Labute approximate surface area is 181 Å². The molecule has 0 aliphatic carbocycles. The molecule has 32 heavy (non-hydrogen) atoms. The number of para-hydroxylation sites is 1. The minimum absolute atomic E-state index is 0.0930. The predicted octanol–water partition coefficient (Wildman–Crippen LogP) is 4.09. The molecule has 0 bridgehead atoms. The third kappa shape index (κ3) is 3.91. The summed E-state index contributed by atoms with van der Waals surface area (Å²) in [7, 11) is 0. The highest BCUT2D eigenvalue weighted by Gasteiger charge is 2.30. The standard InChI is InChI=1S/C23H17FN4O4/c1-13-20(22(30)28(27-13)17-10-8-15(24)9-11-17)26-25-16-5-2-4-14(12-16)18-6-3-7-19(21(18)29)23(31)32/h2-12,25,29H,1H3,(H,31,32). The minimum Gasteiger partial charge on any atom is -0.506 e. The lowest BCUT2D eigenvalue weighted by atomic mass is 10.0. The first-order valence-corrected chi connectivity index (χ1v) is 9.50. The van der Waals surface area contributed by atoms with E-state index >= 15 is 0 Å². The van der Waals surface area contributed by atoms with E-state index in [0.717, 1.165) is 5.01 Å². The number of rotatable bonds is 5. The lowest BCUT2D eigenvalue weighted by Gasteiger charge is -2.11. The monoisotopic (exact) mass is 432 g/mol. The zero-order chi connectivity index (χ0) is 22.8. The van der Waals surface area contributed by atoms with Gasteiger partial charge in [0.25, 0.3) is 0 Å². The molecule has 3 N–H and O–H groups in total. The van der Waals surface area contributed by atoms with Crippen molar-refractivity contribution in [2.24, 2.45) is 10.2 Å². The molecule has 9 heteroatoms. The van der Waals surface area contributed by atoms with Crippen LogP contribution in [0.5, 0.6) is 5.75 Å². The van der Waals surface area contributed by atoms with Crippen LogP contribution < -0.4 is 10.4 Å². The number of amides is 1. The summed E-state index contributed by atoms with van der Waals surface area (Å²) in [5.74, 6) is -2.46. The molecule has 0 saturated heterocycles. The van der Waals surface area contributed by atoms with Crippen LogP contribution in [0.3, 0.4) is 0 Å². The molecule has 0 unspecified atom stereocenters. The SMILES string of the molecule is CC1=NN(c2ccc(F)cc2)C(=O)C1=NNc1cccc(-c2cccc(C(=O)O)c2O)c1. The molecule has 1 aliphatic heterocycles. The van der Waals surface area contributed by atoms with Gasteiger partial charge in [-0.1, -0.05) is 24.3 Å². The fourth-order valence-corrected chi connectivity index (χ4v) is 3.21. The van der Waals surface area contributed by atoms with Gasteiger partial charge in [-0.3, -0.25) is 10.2 Å². The van der Waals surface area contributed by atoms with Crippen molar-refractivity contribution in [3.05, 3.63) is 78.1 Å². The molecule has 1 amide bonds. The van der Waals surface area contributed by atoms with Gasteiger partial charge in [0.05, 0.1) is 17.1 Å². The van der Waals surface area contributed by atoms with Crippen molar-refractivity contribution in [2.45, 2.75) is 6.92 Å². The highest BCUT2D eigenvalue weighted by Crippen LogP contribution is 2.33. The van der Waals surface area contributed by atoms with Crippen LogP contribution in [0.4, 0.5) is 15.8 Å². The molecule has 8 nitrogen and oxygen atoms in total. The zero-order valence-electron chi connectivity index (χ0n) is 16.8. The van der Waals surface area contributed by atoms with Gasteiger partial charge in [0.2, 0.25) is 0 Å². The first-order chi connectivity index (χ1) is 15.3. The van der Waals surface area contributed by atoms with Crippen LogP contribution in [-0.2, 0) is 4.79 Å². The maximum atomic E-state index is 13.2. The van der Waals surface area contributed by atoms with E-state index in [-0.39, 0.29) is 17.0 Å². The Kier molecular flexibility index (Phi) is 5.38. The highest BCUT2D eigenvalue weighted by molar-refractivity contribution is 6.71. The number of hydrogen-bond donors (Lipinski definition) is 3. The molecule has 0 aromatic heterocycles. The summed E-state index contributed by atoms with van der Waals surface area (Å²) in [6, 6.07) is 16.6. The summed E-state index contributed by atoms with van der Waals surface area (Å²) < 4.78 is 13.2. The number of carbonyl (C=O) groups is 2. The second kappa shape index (κ2) is 8.31. The molecule has 1 heterocycles. The van der Waals surface area contributed by atoms with Gasteiger partial charge >= 0.3 is 11.9 Å². The maximum Gasteiger partial charge on any atom is 0.339 e. The number of carboxylic acid groups (broad SMARTS) is 1. The number of aromatic carboxylic acids is 1. The maximum absolute atomic E-state index is 13.2. The third-order valence-corrected chi connectivity index (χ3v) is 4.80. The first-order valence-electron chi connectivity index (χ1n) is 9.50. The van der Waals surface area contributed by atoms with Crippen molar-refractivity contribution in [1.82, 2.24) is 0 Å². The lowest BCUT2D eigenvalue weighted by molar-refractivity contribution is -0.112. The summed E-state index contributed by atoms with van der Waals surface area (Å²) in [5, 5.41) is 29.0. The van der Waals surface area contributed by atoms with Crippen LogP contribution in [0.1, 0.15) is 17.3 Å². The molecule has 0 fully saturated rings. The Hall–Kier alpha value is -4.53. The number of phenols is 1. The highest BCUT2D eigenvalue weighted by atomic mass is 19.1. The number of nitrogens with zero attached hydrogens (tertiary/aromatic N) is 3. The fraction of sp³-hybridized carbons (Fsp3) is 0.0435. The average molecular weight is 432 g/mol. The Balaban J connectivity index is 1.58. The van der Waals surface area contributed by atoms with Gasteiger partial charge in [0.15, 0.2) is 5.71 Å². The van der Waals surface area contributed by atoms with Crippen molar-refractivity contribution in [3.8, 4) is 16.9 Å². The van der Waals surface area contributed by atoms with Crippen LogP contribution in [-0.4, -0.2) is 33.5 Å². The normalized spacial score (nSPS) is 14.6. The van der Waals surface area contributed by atoms with Crippen LogP contribution in [0.2, 0.25) is 0 Å². The molecule has 4 rings (SSSR count). The Morgan fingerprint density at radius 2 is 1.81 bits per heavy atom. The second-order valence-corrected chi connectivity index (χ2v) is 6.94. The number of aromatic hydroxyl groups is 1. The average Bonchev–Trinajstić information content (AvgIpc) is 3.06. The molecular weight excluding hydrogens is 415 g/mol. The van der Waals surface area contributed by atoms with Gasteiger partial charge in [0, 0.05) is 5.56 Å². The Bertz CT molecular complexity index is 1290. The van der Waals surface area contributed by atoms with Gasteiger partial charge in [-0.2, -0.15) is 15.2 Å². The summed E-state index contributed by atoms with van der Waals surface area (Å²) in [6.45, 7) is 1.63. The van der Waals surface area contributed by atoms with E-state index in [1.54, 1.807) is 43.3 Å². The molecular formula is C23H17FN4O4. The van der Waals surface area contributed by atoms with Crippen LogP contribution in [0.15, 0.2) is 76.9 Å². The molecule has 1 aliphatic rings. The second-order valence-electron chi connectivity index (χ2n) is 6.94. The van der Waals surface area contributed by atoms with Crippen molar-refractivity contribution in [3.63, 3.8) is 0 Å². The molecule has 0 radical (unpaired) electrons. The fourth-order valence-electron chi connectivity index (χ4n) is 3.21. The summed E-state index contributed by atoms with van der Waals surface area (Å²) in [4.78, 5) is 24.0. The summed E-state index contributed by atoms with van der Waals surface area (Å²) in [6.07, 6.45) is 0. The van der Waals surface area contributed by atoms with Gasteiger partial charge in [-0.25, -0.2) is 9.18 Å². The van der Waals surface area contributed by atoms with Gasteiger partial charge in [-0.05, 0) is 55.0 Å². The molecule has 0 spiro atoms. The topological polar surface area (TPSA) is 115 Å². The molecule has 0 saturated carbocycles. The van der Waals surface area contributed by atoms with Crippen LogP contribution in [0, 0.1) is 5.82 Å². The van der Waals surface area contributed by atoms with Gasteiger partial charge < -0.3 is 10.2 Å². The molecule has 0 atom stereocenters. The van der Waals surface area contributed by atoms with Gasteiger partial charge in [0.1, 0.15) is 17.1 Å². The first kappa shape index (κ1) is 20.7. The van der Waals surface area contributed by atoms with E-state index in [9.17, 15) is 24.2 Å². The van der Waals surface area contributed by atoms with E-state index in [1.807, 2.05) is 0 Å². The number of anilines is 2. The smallest absolute Gasteiger partial charge is 0.339 e. The third-order valence-electron chi connectivity index (χ3n) is 4.80. The lowest BCUT2D eigenvalue weighted by Crippen LogP contribution is -2.27. The minimum atomic E-state index is -1.23. The summed E-state index contributed by atoms with van der Waals surface area (Å²) >= 11 is 0. The number of carboxylic acids is 1. The quantitative estimate of drug-likeness (QED) is 0.526. The number of hydrazone groups is 2. The summed E-state index contributed by atoms with van der Waals surface area (Å²) in [5.41, 5.74) is 4.90. The predicted molar refractivity (Wildman–Crippen MR) is 119 cm³/mol. The van der Waals surface area contributed by atoms with E-state index in [4.69, 9.17) is 0 Å². The van der Waals surface area contributed by atoms with Crippen molar-refractivity contribution < 1.29 is 24.2 Å². The zero-order valence-corrected chi connectivity index (χ0v) is 16.8. The number of hydrogen-bond acceptors (Lipinski definition) is 6. The van der Waals surface area contributed by atoms with E-state index in [1.165, 1.54) is 30.3 Å². The van der Waals surface area contributed by atoms with E-state index < -0.39 is 17.7 Å². The van der Waals surface area contributed by atoms with Gasteiger partial charge in [-0.15, -0.1) is 0 Å². The molecule has 3 aromatic carbocycles. The molecule has 3 aromatic rings. The van der Waals surface area contributed by atoms with Crippen molar-refractivity contribution in [1.29, 1.82) is 0 Å². The number of benzene rings is 3. The number of carbonyl (C=O) groups excluding carboxylic acids is 1. The Morgan fingerprint density at radius 3 is 2.53 bits per heavy atom. The van der Waals surface area contributed by atoms with E-state index in [0.29, 0.717) is 28.2 Å². The Morgan fingerprint density at radius 1 is 1.09 bits per heavy atom. The van der Waals surface area contributed by atoms with E-state index in [2.05, 4.69) is 15.6 Å².